The maximum atomic E-state index is 13.4. The number of hydrogen-bond donors (Lipinski definition) is 0. The van der Waals surface area contributed by atoms with Crippen LogP contribution in [0.15, 0.2) is 82.7 Å². The van der Waals surface area contributed by atoms with E-state index >= 15 is 0 Å². The lowest BCUT2D eigenvalue weighted by atomic mass is 10.1. The summed E-state index contributed by atoms with van der Waals surface area (Å²) in [6.07, 6.45) is -4.45. The van der Waals surface area contributed by atoms with Crippen LogP contribution in [0.4, 0.5) is 13.2 Å². The minimum atomic E-state index is -4.45. The van der Waals surface area contributed by atoms with Crippen molar-refractivity contribution in [1.82, 2.24) is 9.55 Å². The minimum absolute atomic E-state index is 0.0308. The van der Waals surface area contributed by atoms with Gasteiger partial charge in [0.05, 0.1) is 30.1 Å². The van der Waals surface area contributed by atoms with Crippen LogP contribution >= 0.6 is 11.8 Å². The normalized spacial score (nSPS) is 11.6. The lowest BCUT2D eigenvalue weighted by molar-refractivity contribution is -0.138. The molecule has 0 amide bonds. The Kier molecular flexibility index (Phi) is 6.23. The lowest BCUT2D eigenvalue weighted by Crippen LogP contribution is -2.24. The van der Waals surface area contributed by atoms with E-state index in [0.717, 1.165) is 23.4 Å². The first-order chi connectivity index (χ1) is 15.4. The van der Waals surface area contributed by atoms with Crippen LogP contribution in [0.5, 0.6) is 5.75 Å². The van der Waals surface area contributed by atoms with E-state index in [1.54, 1.807) is 49.6 Å². The molecule has 3 aromatic carbocycles. The maximum absolute atomic E-state index is 13.4. The average Bonchev–Trinajstić information content (AvgIpc) is 2.80. The number of rotatable bonds is 6. The van der Waals surface area contributed by atoms with Crippen molar-refractivity contribution in [1.29, 1.82) is 0 Å². The molecule has 1 aromatic heterocycles. The highest BCUT2D eigenvalue weighted by atomic mass is 32.2. The monoisotopic (exact) mass is 456 g/mol. The van der Waals surface area contributed by atoms with Crippen LogP contribution in [0, 0.1) is 0 Å². The maximum Gasteiger partial charge on any atom is 0.416 e. The van der Waals surface area contributed by atoms with Gasteiger partial charge in [-0.25, -0.2) is 4.98 Å². The van der Waals surface area contributed by atoms with Crippen molar-refractivity contribution in [2.75, 3.05) is 7.11 Å². The third-order valence-electron chi connectivity index (χ3n) is 5.01. The predicted octanol–water partition coefficient (Wildman–Crippen LogP) is 5.76. The Hall–Kier alpha value is -3.26. The van der Waals surface area contributed by atoms with Crippen LogP contribution in [-0.2, 0) is 18.5 Å². The summed E-state index contributed by atoms with van der Waals surface area (Å²) < 4.78 is 46.8. The molecule has 0 radical (unpaired) electrons. The zero-order valence-electron chi connectivity index (χ0n) is 17.1. The van der Waals surface area contributed by atoms with Crippen LogP contribution in [0.25, 0.3) is 10.9 Å². The number of fused-ring (bicyclic) bond motifs is 1. The highest BCUT2D eigenvalue weighted by Crippen LogP contribution is 2.34. The molecule has 32 heavy (non-hydrogen) atoms. The highest BCUT2D eigenvalue weighted by molar-refractivity contribution is 7.98. The smallest absolute Gasteiger partial charge is 0.416 e. The number of aromatic nitrogens is 2. The van der Waals surface area contributed by atoms with Gasteiger partial charge in [-0.3, -0.25) is 9.36 Å². The first-order valence-electron chi connectivity index (χ1n) is 9.77. The quantitative estimate of drug-likeness (QED) is 0.273. The molecule has 0 aliphatic rings. The van der Waals surface area contributed by atoms with Gasteiger partial charge in [0, 0.05) is 5.75 Å². The Balaban J connectivity index is 1.73. The Bertz CT molecular complexity index is 1300. The van der Waals surface area contributed by atoms with Crippen molar-refractivity contribution in [3.63, 3.8) is 0 Å². The van der Waals surface area contributed by atoms with Crippen LogP contribution in [0.1, 0.15) is 16.7 Å². The molecule has 8 heteroatoms. The Morgan fingerprint density at radius 1 is 0.969 bits per heavy atom. The molecule has 0 saturated carbocycles. The Morgan fingerprint density at radius 3 is 2.38 bits per heavy atom. The van der Waals surface area contributed by atoms with Gasteiger partial charge in [-0.1, -0.05) is 54.2 Å². The van der Waals surface area contributed by atoms with Gasteiger partial charge in [0.15, 0.2) is 5.16 Å². The van der Waals surface area contributed by atoms with E-state index in [9.17, 15) is 18.0 Å². The van der Waals surface area contributed by atoms with Crippen molar-refractivity contribution in [3.05, 3.63) is 99.8 Å². The molecule has 4 aromatic rings. The van der Waals surface area contributed by atoms with E-state index in [2.05, 4.69) is 4.98 Å². The number of benzene rings is 3. The molecule has 0 aliphatic carbocycles. The molecule has 0 spiro atoms. The molecule has 0 aliphatic heterocycles. The van der Waals surface area contributed by atoms with Gasteiger partial charge in [0.2, 0.25) is 0 Å². The molecular formula is C24H19F3N2O2S. The number of hydrogen-bond acceptors (Lipinski definition) is 4. The molecular weight excluding hydrogens is 437 g/mol. The number of nitrogens with zero attached hydrogens (tertiary/aromatic N) is 2. The number of halogens is 3. The molecule has 0 unspecified atom stereocenters. The van der Waals surface area contributed by atoms with E-state index in [-0.39, 0.29) is 23.4 Å². The molecule has 0 saturated heterocycles. The second-order valence-electron chi connectivity index (χ2n) is 7.09. The molecule has 164 valence electrons. The van der Waals surface area contributed by atoms with Crippen LogP contribution in [0.3, 0.4) is 0 Å². The van der Waals surface area contributed by atoms with Gasteiger partial charge in [-0.05, 0) is 41.5 Å². The summed E-state index contributed by atoms with van der Waals surface area (Å²) in [6, 6.07) is 19.7. The van der Waals surface area contributed by atoms with Crippen molar-refractivity contribution in [2.45, 2.75) is 23.6 Å². The summed E-state index contributed by atoms with van der Waals surface area (Å²) in [5.41, 5.74) is 0.580. The van der Waals surface area contributed by atoms with Gasteiger partial charge in [-0.15, -0.1) is 0 Å². The summed E-state index contributed by atoms with van der Waals surface area (Å²) in [5, 5.41) is 0.822. The van der Waals surface area contributed by atoms with E-state index in [1.807, 2.05) is 12.1 Å². The number of thioether (sulfide) groups is 1. The van der Waals surface area contributed by atoms with Crippen molar-refractivity contribution >= 4 is 22.7 Å². The fourth-order valence-corrected chi connectivity index (χ4v) is 4.38. The molecule has 4 rings (SSSR count). The van der Waals surface area contributed by atoms with Crippen LogP contribution in [0.2, 0.25) is 0 Å². The number of para-hydroxylation sites is 1. The summed E-state index contributed by atoms with van der Waals surface area (Å²) >= 11 is 1.11. The van der Waals surface area contributed by atoms with Crippen LogP contribution < -0.4 is 10.3 Å². The number of ether oxygens (including phenoxy) is 1. The van der Waals surface area contributed by atoms with Gasteiger partial charge >= 0.3 is 6.18 Å². The predicted molar refractivity (Wildman–Crippen MR) is 119 cm³/mol. The second-order valence-corrected chi connectivity index (χ2v) is 8.04. The zero-order valence-corrected chi connectivity index (χ0v) is 17.9. The van der Waals surface area contributed by atoms with Crippen molar-refractivity contribution in [2.24, 2.45) is 0 Å². The van der Waals surface area contributed by atoms with E-state index in [1.165, 1.54) is 16.7 Å². The van der Waals surface area contributed by atoms with Gasteiger partial charge in [0.1, 0.15) is 5.75 Å². The minimum Gasteiger partial charge on any atom is -0.497 e. The van der Waals surface area contributed by atoms with Crippen LogP contribution in [-0.4, -0.2) is 16.7 Å². The Labute approximate surface area is 186 Å². The first kappa shape index (κ1) is 22.0. The van der Waals surface area contributed by atoms with Gasteiger partial charge < -0.3 is 4.74 Å². The SMILES string of the molecule is COc1ccc(Cn2c(SCc3ccccc3C(F)(F)F)nc3ccccc3c2=O)cc1. The van der Waals surface area contributed by atoms with Gasteiger partial charge in [-0.2, -0.15) is 13.2 Å². The summed E-state index contributed by atoms with van der Waals surface area (Å²) in [7, 11) is 1.57. The summed E-state index contributed by atoms with van der Waals surface area (Å²) in [6.45, 7) is 0.240. The summed E-state index contributed by atoms with van der Waals surface area (Å²) in [5.74, 6) is 0.722. The van der Waals surface area contributed by atoms with E-state index in [0.29, 0.717) is 21.8 Å². The molecule has 0 N–H and O–H groups in total. The number of alkyl halides is 3. The zero-order chi connectivity index (χ0) is 22.7. The fraction of sp³-hybridized carbons (Fsp3) is 0.167. The van der Waals surface area contributed by atoms with Crippen molar-refractivity contribution in [3.8, 4) is 5.75 Å². The second kappa shape index (κ2) is 9.08. The third-order valence-corrected chi connectivity index (χ3v) is 6.03. The lowest BCUT2D eigenvalue weighted by Gasteiger charge is -2.15. The molecule has 1 heterocycles. The molecule has 0 atom stereocenters. The number of methoxy groups -OCH3 is 1. The summed E-state index contributed by atoms with van der Waals surface area (Å²) in [4.78, 5) is 17.8. The standard InChI is InChI=1S/C24H19F3N2O2S/c1-31-18-12-10-16(11-13-18)14-29-22(30)19-7-3-5-9-21(19)28-23(29)32-15-17-6-2-4-8-20(17)24(25,26)27/h2-13H,14-15H2,1H3. The molecule has 0 bridgehead atoms. The average molecular weight is 456 g/mol. The third kappa shape index (κ3) is 4.65. The molecule has 4 nitrogen and oxygen atoms in total. The topological polar surface area (TPSA) is 44.1 Å². The van der Waals surface area contributed by atoms with E-state index < -0.39 is 11.7 Å². The molecule has 0 fully saturated rings. The van der Waals surface area contributed by atoms with E-state index in [4.69, 9.17) is 4.74 Å². The highest BCUT2D eigenvalue weighted by Gasteiger charge is 2.32. The van der Waals surface area contributed by atoms with Crippen molar-refractivity contribution < 1.29 is 17.9 Å². The Morgan fingerprint density at radius 2 is 1.66 bits per heavy atom. The van der Waals surface area contributed by atoms with Gasteiger partial charge in [0.25, 0.3) is 5.56 Å². The first-order valence-corrected chi connectivity index (χ1v) is 10.8. The fourth-order valence-electron chi connectivity index (χ4n) is 3.38. The largest absolute Gasteiger partial charge is 0.497 e.